The van der Waals surface area contributed by atoms with Gasteiger partial charge in [0.25, 0.3) is 0 Å². The second kappa shape index (κ2) is 6.49. The summed E-state index contributed by atoms with van der Waals surface area (Å²) in [4.78, 5) is 0. The van der Waals surface area contributed by atoms with Gasteiger partial charge in [-0.05, 0) is 50.5 Å². The highest BCUT2D eigenvalue weighted by molar-refractivity contribution is 4.79. The molecule has 0 radical (unpaired) electrons. The molecule has 1 fully saturated rings. The van der Waals surface area contributed by atoms with Gasteiger partial charge in [0.1, 0.15) is 0 Å². The van der Waals surface area contributed by atoms with E-state index in [0.717, 1.165) is 12.5 Å². The molecular weight excluding hydrogens is 186 g/mol. The van der Waals surface area contributed by atoms with Crippen LogP contribution < -0.4 is 5.32 Å². The van der Waals surface area contributed by atoms with Crippen LogP contribution in [0.25, 0.3) is 0 Å². The Balaban J connectivity index is 2.18. The van der Waals surface area contributed by atoms with E-state index in [1.807, 2.05) is 0 Å². The molecule has 1 aliphatic rings. The Morgan fingerprint density at radius 3 is 2.47 bits per heavy atom. The topological polar surface area (TPSA) is 32.3 Å². The van der Waals surface area contributed by atoms with Crippen molar-refractivity contribution in [2.45, 2.75) is 52.5 Å². The van der Waals surface area contributed by atoms with Crippen molar-refractivity contribution < 1.29 is 5.11 Å². The van der Waals surface area contributed by atoms with Gasteiger partial charge in [-0.2, -0.15) is 0 Å². The minimum absolute atomic E-state index is 0.380. The standard InChI is InChI=1S/C13H27NO/c1-10(2)7-11(3)14-8-12-5-4-6-13(12)9-15/h10-15H,4-9H2,1-3H3. The fourth-order valence-electron chi connectivity index (χ4n) is 2.77. The minimum Gasteiger partial charge on any atom is -0.396 e. The Bertz CT molecular complexity index is 170. The maximum atomic E-state index is 9.22. The summed E-state index contributed by atoms with van der Waals surface area (Å²) in [5.41, 5.74) is 0. The molecule has 3 unspecified atom stereocenters. The van der Waals surface area contributed by atoms with Gasteiger partial charge >= 0.3 is 0 Å². The Labute approximate surface area is 94.5 Å². The molecule has 0 aromatic rings. The van der Waals surface area contributed by atoms with Crippen LogP contribution >= 0.6 is 0 Å². The largest absolute Gasteiger partial charge is 0.396 e. The molecule has 2 N–H and O–H groups in total. The molecule has 0 heterocycles. The predicted molar refractivity (Wildman–Crippen MR) is 64.8 cm³/mol. The van der Waals surface area contributed by atoms with Gasteiger partial charge in [0.15, 0.2) is 0 Å². The third kappa shape index (κ3) is 4.52. The van der Waals surface area contributed by atoms with E-state index in [1.54, 1.807) is 0 Å². The molecule has 3 atom stereocenters. The second-order valence-corrected chi connectivity index (χ2v) is 5.57. The first-order valence-corrected chi connectivity index (χ1v) is 6.47. The summed E-state index contributed by atoms with van der Waals surface area (Å²) < 4.78 is 0. The molecule has 0 aromatic heterocycles. The number of aliphatic hydroxyl groups is 1. The van der Waals surface area contributed by atoms with E-state index in [-0.39, 0.29) is 0 Å². The quantitative estimate of drug-likeness (QED) is 0.710. The third-order valence-corrected chi connectivity index (χ3v) is 3.60. The summed E-state index contributed by atoms with van der Waals surface area (Å²) in [6.45, 7) is 8.28. The van der Waals surface area contributed by atoms with Crippen LogP contribution in [-0.2, 0) is 0 Å². The number of hydrogen-bond donors (Lipinski definition) is 2. The fourth-order valence-corrected chi connectivity index (χ4v) is 2.77. The van der Waals surface area contributed by atoms with E-state index in [0.29, 0.717) is 24.5 Å². The lowest BCUT2D eigenvalue weighted by molar-refractivity contribution is 0.189. The van der Waals surface area contributed by atoms with E-state index < -0.39 is 0 Å². The first kappa shape index (κ1) is 13.0. The molecule has 0 bridgehead atoms. The summed E-state index contributed by atoms with van der Waals surface area (Å²) in [6, 6.07) is 0.616. The zero-order valence-corrected chi connectivity index (χ0v) is 10.5. The van der Waals surface area contributed by atoms with Crippen LogP contribution in [0.5, 0.6) is 0 Å². The van der Waals surface area contributed by atoms with Gasteiger partial charge in [-0.3, -0.25) is 0 Å². The Morgan fingerprint density at radius 2 is 1.87 bits per heavy atom. The van der Waals surface area contributed by atoms with Crippen LogP contribution in [0.15, 0.2) is 0 Å². The van der Waals surface area contributed by atoms with E-state index in [9.17, 15) is 5.11 Å². The van der Waals surface area contributed by atoms with Gasteiger partial charge in [0.05, 0.1) is 0 Å². The second-order valence-electron chi connectivity index (χ2n) is 5.57. The summed E-state index contributed by atoms with van der Waals surface area (Å²) >= 11 is 0. The van der Waals surface area contributed by atoms with E-state index >= 15 is 0 Å². The van der Waals surface area contributed by atoms with Crippen molar-refractivity contribution >= 4 is 0 Å². The summed E-state index contributed by atoms with van der Waals surface area (Å²) in [5.74, 6) is 2.04. The Morgan fingerprint density at radius 1 is 1.20 bits per heavy atom. The lowest BCUT2D eigenvalue weighted by atomic mass is 9.96. The van der Waals surface area contributed by atoms with Crippen LogP contribution in [0.4, 0.5) is 0 Å². The van der Waals surface area contributed by atoms with Gasteiger partial charge < -0.3 is 10.4 Å². The number of rotatable bonds is 6. The Kier molecular flexibility index (Phi) is 5.62. The van der Waals surface area contributed by atoms with Gasteiger partial charge in [-0.15, -0.1) is 0 Å². The fraction of sp³-hybridized carbons (Fsp3) is 1.00. The average Bonchev–Trinajstić information content (AvgIpc) is 2.60. The van der Waals surface area contributed by atoms with Gasteiger partial charge in [-0.25, -0.2) is 0 Å². The van der Waals surface area contributed by atoms with Crippen molar-refractivity contribution in [2.24, 2.45) is 17.8 Å². The van der Waals surface area contributed by atoms with Crippen molar-refractivity contribution in [3.8, 4) is 0 Å². The van der Waals surface area contributed by atoms with Crippen LogP contribution in [0, 0.1) is 17.8 Å². The molecule has 15 heavy (non-hydrogen) atoms. The first-order valence-electron chi connectivity index (χ1n) is 6.47. The van der Waals surface area contributed by atoms with Crippen molar-refractivity contribution in [1.29, 1.82) is 0 Å². The molecule has 0 saturated heterocycles. The van der Waals surface area contributed by atoms with Crippen LogP contribution in [-0.4, -0.2) is 24.3 Å². The molecule has 0 aliphatic heterocycles. The van der Waals surface area contributed by atoms with Crippen molar-refractivity contribution in [3.05, 3.63) is 0 Å². The average molecular weight is 213 g/mol. The smallest absolute Gasteiger partial charge is 0.0462 e. The van der Waals surface area contributed by atoms with Crippen LogP contribution in [0.3, 0.4) is 0 Å². The zero-order valence-electron chi connectivity index (χ0n) is 10.5. The minimum atomic E-state index is 0.380. The zero-order chi connectivity index (χ0) is 11.3. The number of aliphatic hydroxyl groups excluding tert-OH is 1. The maximum absolute atomic E-state index is 9.22. The van der Waals surface area contributed by atoms with Crippen molar-refractivity contribution in [2.75, 3.05) is 13.2 Å². The monoisotopic (exact) mass is 213 g/mol. The first-order chi connectivity index (χ1) is 7.13. The molecule has 1 saturated carbocycles. The summed E-state index contributed by atoms with van der Waals surface area (Å²) in [6.07, 6.45) is 5.07. The number of nitrogens with one attached hydrogen (secondary N) is 1. The van der Waals surface area contributed by atoms with Gasteiger partial charge in [-0.1, -0.05) is 20.3 Å². The molecule has 1 aliphatic carbocycles. The van der Waals surface area contributed by atoms with Gasteiger partial charge in [0.2, 0.25) is 0 Å². The predicted octanol–water partition coefficient (Wildman–Crippen LogP) is 2.42. The molecule has 2 heteroatoms. The molecule has 1 rings (SSSR count). The van der Waals surface area contributed by atoms with Gasteiger partial charge in [0, 0.05) is 12.6 Å². The lowest BCUT2D eigenvalue weighted by Gasteiger charge is -2.22. The Hall–Kier alpha value is -0.0800. The lowest BCUT2D eigenvalue weighted by Crippen LogP contribution is -2.34. The van der Waals surface area contributed by atoms with E-state index in [1.165, 1.54) is 25.7 Å². The van der Waals surface area contributed by atoms with Crippen LogP contribution in [0.2, 0.25) is 0 Å². The third-order valence-electron chi connectivity index (χ3n) is 3.60. The normalized spacial score (nSPS) is 28.6. The molecule has 0 spiro atoms. The summed E-state index contributed by atoms with van der Waals surface area (Å²) in [5, 5.41) is 12.8. The number of hydrogen-bond acceptors (Lipinski definition) is 2. The van der Waals surface area contributed by atoms with Crippen LogP contribution in [0.1, 0.15) is 46.5 Å². The van der Waals surface area contributed by atoms with Crippen molar-refractivity contribution in [3.63, 3.8) is 0 Å². The van der Waals surface area contributed by atoms with E-state index in [2.05, 4.69) is 26.1 Å². The molecule has 90 valence electrons. The molecule has 0 amide bonds. The summed E-state index contributed by atoms with van der Waals surface area (Å²) in [7, 11) is 0. The SMILES string of the molecule is CC(C)CC(C)NCC1CCCC1CO. The highest BCUT2D eigenvalue weighted by Gasteiger charge is 2.26. The van der Waals surface area contributed by atoms with Crippen molar-refractivity contribution in [1.82, 2.24) is 5.32 Å². The molecule has 2 nitrogen and oxygen atoms in total. The highest BCUT2D eigenvalue weighted by Crippen LogP contribution is 2.30. The highest BCUT2D eigenvalue weighted by atomic mass is 16.3. The van der Waals surface area contributed by atoms with E-state index in [4.69, 9.17) is 0 Å². The molecular formula is C13H27NO. The maximum Gasteiger partial charge on any atom is 0.0462 e. The molecule has 0 aromatic carbocycles.